The third kappa shape index (κ3) is 2.08. The van der Waals surface area contributed by atoms with Crippen molar-refractivity contribution in [2.24, 2.45) is 0 Å². The lowest BCUT2D eigenvalue weighted by Crippen LogP contribution is -2.46. The van der Waals surface area contributed by atoms with E-state index in [1.165, 1.54) is 23.6 Å². The molecule has 0 saturated carbocycles. The number of carbonyl (C=O) groups excluding carboxylic acids is 1. The summed E-state index contributed by atoms with van der Waals surface area (Å²) in [6.07, 6.45) is 0. The Morgan fingerprint density at radius 1 is 1.59 bits per heavy atom. The number of aliphatic carboxylic acids is 1. The number of nitrogens with zero attached hydrogens (tertiary/aromatic N) is 1. The lowest BCUT2D eigenvalue weighted by molar-refractivity contribution is -0.139. The minimum Gasteiger partial charge on any atom is -0.480 e. The summed E-state index contributed by atoms with van der Waals surface area (Å²) in [7, 11) is 0. The first-order valence-corrected chi connectivity index (χ1v) is 6.06. The molecule has 1 unspecified atom stereocenters. The Labute approximate surface area is 103 Å². The van der Waals surface area contributed by atoms with E-state index >= 15 is 0 Å². The summed E-state index contributed by atoms with van der Waals surface area (Å²) in [6, 6.07) is 4.24. The second-order valence-electron chi connectivity index (χ2n) is 3.79. The monoisotopic (exact) mass is 252 g/mol. The number of nitrogens with two attached hydrogens (primary N) is 1. The highest BCUT2D eigenvalue weighted by molar-refractivity contribution is 8.00. The van der Waals surface area contributed by atoms with Crippen LogP contribution in [-0.2, 0) is 9.59 Å². The number of hydrogen-bond donors (Lipinski definition) is 2. The van der Waals surface area contributed by atoms with Crippen LogP contribution < -0.4 is 10.6 Å². The van der Waals surface area contributed by atoms with Crippen molar-refractivity contribution < 1.29 is 14.7 Å². The first-order valence-electron chi connectivity index (χ1n) is 5.08. The molecule has 3 N–H and O–H groups in total. The van der Waals surface area contributed by atoms with Crippen LogP contribution in [0, 0.1) is 0 Å². The van der Waals surface area contributed by atoms with E-state index in [1.807, 2.05) is 0 Å². The second-order valence-corrected chi connectivity index (χ2v) is 4.81. The predicted molar refractivity (Wildman–Crippen MR) is 66.2 cm³/mol. The molecule has 0 fully saturated rings. The average molecular weight is 252 g/mol. The number of hydrogen-bond acceptors (Lipinski definition) is 4. The molecular weight excluding hydrogens is 240 g/mol. The standard InChI is InChI=1S/C11H12N2O3S/c1-6(11(15)16)13-8-3-2-7(12)4-9(8)17-5-10(13)14/h2-4,6H,5,12H2,1H3,(H,15,16). The molecule has 0 spiro atoms. The molecule has 1 aromatic rings. The Hall–Kier alpha value is -1.69. The number of rotatable bonds is 2. The summed E-state index contributed by atoms with van der Waals surface area (Å²) in [5.41, 5.74) is 6.89. The molecule has 17 heavy (non-hydrogen) atoms. The maximum Gasteiger partial charge on any atom is 0.326 e. The highest BCUT2D eigenvalue weighted by Gasteiger charge is 2.32. The van der Waals surface area contributed by atoms with E-state index < -0.39 is 12.0 Å². The molecule has 1 aromatic carbocycles. The van der Waals surface area contributed by atoms with Gasteiger partial charge in [-0.2, -0.15) is 0 Å². The fourth-order valence-electron chi connectivity index (χ4n) is 1.72. The van der Waals surface area contributed by atoms with Crippen LogP contribution in [0.1, 0.15) is 6.92 Å². The number of thioether (sulfide) groups is 1. The van der Waals surface area contributed by atoms with Gasteiger partial charge in [0.15, 0.2) is 0 Å². The van der Waals surface area contributed by atoms with E-state index in [2.05, 4.69) is 0 Å². The van der Waals surface area contributed by atoms with E-state index in [-0.39, 0.29) is 11.7 Å². The summed E-state index contributed by atoms with van der Waals surface area (Å²) in [5.74, 6) is -0.969. The minimum atomic E-state index is -1.02. The highest BCUT2D eigenvalue weighted by atomic mass is 32.2. The maximum atomic E-state index is 11.8. The van der Waals surface area contributed by atoms with Gasteiger partial charge in [0.05, 0.1) is 11.4 Å². The molecule has 1 aliphatic rings. The first-order chi connectivity index (χ1) is 8.00. The van der Waals surface area contributed by atoms with E-state index in [4.69, 9.17) is 10.8 Å². The summed E-state index contributed by atoms with van der Waals surface area (Å²) >= 11 is 1.38. The summed E-state index contributed by atoms with van der Waals surface area (Å²) in [6.45, 7) is 1.50. The van der Waals surface area contributed by atoms with Gasteiger partial charge >= 0.3 is 5.97 Å². The zero-order valence-electron chi connectivity index (χ0n) is 9.21. The van der Waals surface area contributed by atoms with Crippen LogP contribution in [0.25, 0.3) is 0 Å². The normalized spacial score (nSPS) is 16.5. The molecule has 6 heteroatoms. The van der Waals surface area contributed by atoms with Crippen LogP contribution in [0.3, 0.4) is 0 Å². The second kappa shape index (κ2) is 4.29. The number of nitrogen functional groups attached to an aromatic ring is 1. The smallest absolute Gasteiger partial charge is 0.326 e. The third-order valence-corrected chi connectivity index (χ3v) is 3.64. The van der Waals surface area contributed by atoms with Gasteiger partial charge in [-0.3, -0.25) is 9.69 Å². The Bertz CT molecular complexity index is 490. The number of amides is 1. The van der Waals surface area contributed by atoms with E-state index in [0.717, 1.165) is 4.90 Å². The van der Waals surface area contributed by atoms with Crippen molar-refractivity contribution in [2.75, 3.05) is 16.4 Å². The van der Waals surface area contributed by atoms with Gasteiger partial charge in [-0.25, -0.2) is 4.79 Å². The number of carboxylic acids is 1. The summed E-state index contributed by atoms with van der Waals surface area (Å²) < 4.78 is 0. The van der Waals surface area contributed by atoms with Crippen LogP contribution in [0.5, 0.6) is 0 Å². The molecule has 1 aliphatic heterocycles. The molecule has 2 rings (SSSR count). The van der Waals surface area contributed by atoms with Crippen molar-refractivity contribution in [1.82, 2.24) is 0 Å². The Kier molecular flexibility index (Phi) is 2.97. The molecule has 90 valence electrons. The fourth-order valence-corrected chi connectivity index (χ4v) is 2.68. The first kappa shape index (κ1) is 11.8. The summed E-state index contributed by atoms with van der Waals surface area (Å²) in [5, 5.41) is 9.01. The topological polar surface area (TPSA) is 83.6 Å². The zero-order chi connectivity index (χ0) is 12.6. The molecule has 0 saturated heterocycles. The number of carboxylic acid groups (broad SMARTS) is 1. The van der Waals surface area contributed by atoms with E-state index in [1.54, 1.807) is 18.2 Å². The van der Waals surface area contributed by atoms with Crippen molar-refractivity contribution in [3.05, 3.63) is 18.2 Å². The van der Waals surface area contributed by atoms with Gasteiger partial charge in [-0.15, -0.1) is 11.8 Å². The van der Waals surface area contributed by atoms with Crippen molar-refractivity contribution in [3.8, 4) is 0 Å². The van der Waals surface area contributed by atoms with Crippen molar-refractivity contribution in [1.29, 1.82) is 0 Å². The molecule has 1 heterocycles. The Morgan fingerprint density at radius 2 is 2.29 bits per heavy atom. The van der Waals surface area contributed by atoms with Crippen LogP contribution in [0.2, 0.25) is 0 Å². The summed E-state index contributed by atoms with van der Waals surface area (Å²) in [4.78, 5) is 25.0. The van der Waals surface area contributed by atoms with Gasteiger partial charge in [-0.05, 0) is 25.1 Å². The molecule has 0 aromatic heterocycles. The molecule has 1 atom stereocenters. The van der Waals surface area contributed by atoms with E-state index in [0.29, 0.717) is 11.4 Å². The van der Waals surface area contributed by atoms with Gasteiger partial charge in [0.1, 0.15) is 6.04 Å². The zero-order valence-corrected chi connectivity index (χ0v) is 10.0. The van der Waals surface area contributed by atoms with Crippen LogP contribution in [0.15, 0.2) is 23.1 Å². The van der Waals surface area contributed by atoms with Gasteiger partial charge in [0, 0.05) is 10.6 Å². The number of fused-ring (bicyclic) bond motifs is 1. The van der Waals surface area contributed by atoms with Crippen LogP contribution in [-0.4, -0.2) is 28.8 Å². The Morgan fingerprint density at radius 3 is 2.94 bits per heavy atom. The molecule has 0 radical (unpaired) electrons. The number of anilines is 2. The molecule has 1 amide bonds. The van der Waals surface area contributed by atoms with Gasteiger partial charge in [-0.1, -0.05) is 0 Å². The van der Waals surface area contributed by atoms with Crippen molar-refractivity contribution in [3.63, 3.8) is 0 Å². The van der Waals surface area contributed by atoms with Gasteiger partial charge in [0.2, 0.25) is 5.91 Å². The van der Waals surface area contributed by atoms with Crippen molar-refractivity contribution in [2.45, 2.75) is 17.9 Å². The van der Waals surface area contributed by atoms with Crippen molar-refractivity contribution >= 4 is 35.0 Å². The Balaban J connectivity index is 2.47. The number of benzene rings is 1. The average Bonchev–Trinajstić information content (AvgIpc) is 2.28. The molecule has 0 bridgehead atoms. The fraction of sp³-hybridized carbons (Fsp3) is 0.273. The van der Waals surface area contributed by atoms with E-state index in [9.17, 15) is 9.59 Å². The third-order valence-electron chi connectivity index (χ3n) is 2.61. The minimum absolute atomic E-state index is 0.192. The van der Waals surface area contributed by atoms with Crippen LogP contribution in [0.4, 0.5) is 11.4 Å². The molecule has 0 aliphatic carbocycles. The van der Waals surface area contributed by atoms with Gasteiger partial charge in [0.25, 0.3) is 0 Å². The SMILES string of the molecule is CC(C(=O)O)N1C(=O)CSc2cc(N)ccc21. The highest BCUT2D eigenvalue weighted by Crippen LogP contribution is 2.37. The molecular formula is C11H12N2O3S. The maximum absolute atomic E-state index is 11.8. The lowest BCUT2D eigenvalue weighted by atomic mass is 10.2. The predicted octanol–water partition coefficient (Wildman–Crippen LogP) is 1.18. The number of carbonyl (C=O) groups is 2. The lowest BCUT2D eigenvalue weighted by Gasteiger charge is -2.31. The largest absolute Gasteiger partial charge is 0.480 e. The van der Waals surface area contributed by atoms with Gasteiger partial charge < -0.3 is 10.8 Å². The van der Waals surface area contributed by atoms with Crippen LogP contribution >= 0.6 is 11.8 Å². The quantitative estimate of drug-likeness (QED) is 0.772. The molecule has 5 nitrogen and oxygen atoms in total.